The summed E-state index contributed by atoms with van der Waals surface area (Å²) in [4.78, 5) is 28.7. The number of hydrogen-bond acceptors (Lipinski definition) is 4. The molecule has 154 valence electrons. The van der Waals surface area contributed by atoms with Gasteiger partial charge in [-0.15, -0.1) is 0 Å². The largest absolute Gasteiger partial charge is 0.391 e. The van der Waals surface area contributed by atoms with E-state index in [0.717, 1.165) is 30.3 Å². The van der Waals surface area contributed by atoms with E-state index >= 15 is 0 Å². The second-order valence-electron chi connectivity index (χ2n) is 7.98. The third-order valence-corrected chi connectivity index (χ3v) is 4.46. The summed E-state index contributed by atoms with van der Waals surface area (Å²) in [5.41, 5.74) is 0.417. The lowest BCUT2D eigenvalue weighted by molar-refractivity contribution is -0.870. The molecule has 2 aromatic rings. The first-order valence-corrected chi connectivity index (χ1v) is 9.66. The van der Waals surface area contributed by atoms with Crippen LogP contribution in [0.25, 0.3) is 11.2 Å². The van der Waals surface area contributed by atoms with Crippen molar-refractivity contribution in [3.8, 4) is 0 Å². The minimum atomic E-state index is -0.281. The van der Waals surface area contributed by atoms with Crippen molar-refractivity contribution < 1.29 is 9.59 Å². The molecule has 8 nitrogen and oxygen atoms in total. The molecule has 27 heavy (non-hydrogen) atoms. The first-order valence-electron chi connectivity index (χ1n) is 9.66. The maximum atomic E-state index is 12.4. The number of imidazole rings is 1. The van der Waals surface area contributed by atoms with Gasteiger partial charge in [-0.2, -0.15) is 0 Å². The number of aromatic nitrogens is 4. The van der Waals surface area contributed by atoms with E-state index in [1.807, 2.05) is 0 Å². The van der Waals surface area contributed by atoms with Gasteiger partial charge < -0.3 is 14.2 Å². The lowest BCUT2D eigenvalue weighted by atomic mass is 10.1. The van der Waals surface area contributed by atoms with Gasteiger partial charge in [0, 0.05) is 20.6 Å². The molecular weight excluding hydrogens is 346 g/mol. The van der Waals surface area contributed by atoms with Crippen LogP contribution in [0.4, 0.5) is 0 Å². The molecule has 0 saturated carbocycles. The second-order valence-corrected chi connectivity index (χ2v) is 7.98. The molecule has 0 bridgehead atoms. The first-order chi connectivity index (χ1) is 12.6. The van der Waals surface area contributed by atoms with Crippen LogP contribution in [0.3, 0.4) is 0 Å². The third-order valence-electron chi connectivity index (χ3n) is 4.46. The molecular formula is C19H36N5O3+. The molecule has 0 unspecified atom stereocenters. The predicted molar refractivity (Wildman–Crippen MR) is 109 cm³/mol. The fourth-order valence-electron chi connectivity index (χ4n) is 2.77. The van der Waals surface area contributed by atoms with E-state index < -0.39 is 0 Å². The Labute approximate surface area is 161 Å². The molecule has 0 aromatic carbocycles. The Balaban J connectivity index is 0.000000445. The van der Waals surface area contributed by atoms with Crippen molar-refractivity contribution in [3.63, 3.8) is 0 Å². The van der Waals surface area contributed by atoms with Gasteiger partial charge in [0.05, 0.1) is 34.1 Å². The highest BCUT2D eigenvalue weighted by atomic mass is 16.3. The average Bonchev–Trinajstić information content (AvgIpc) is 2.97. The number of aliphatic hydroxyl groups is 1. The van der Waals surface area contributed by atoms with Crippen molar-refractivity contribution in [3.05, 3.63) is 27.2 Å². The van der Waals surface area contributed by atoms with Crippen LogP contribution in [0, 0.1) is 0 Å². The lowest BCUT2D eigenvalue weighted by Gasteiger charge is -2.21. The van der Waals surface area contributed by atoms with Crippen LogP contribution in [0.2, 0.25) is 0 Å². The zero-order chi connectivity index (χ0) is 20.6. The molecule has 0 aliphatic rings. The van der Waals surface area contributed by atoms with Crippen molar-refractivity contribution in [2.75, 3.05) is 34.3 Å². The standard InChI is InChI=1S/C14H22N4O2.C5H14NO/c1-4-5-6-7-8-9-18-13(19)11-12(15-10-16(11)2)17(3)14(18)20;1-6(2,3)4-5-7/h10H,4-9H2,1-3H3;7H,4-5H2,1-3H3/q;+1. The van der Waals surface area contributed by atoms with Gasteiger partial charge in [0.1, 0.15) is 6.54 Å². The van der Waals surface area contributed by atoms with Gasteiger partial charge in [0.2, 0.25) is 0 Å². The maximum absolute atomic E-state index is 12.4. The number of rotatable bonds is 8. The molecule has 0 amide bonds. The SMILES string of the molecule is CCCCCCCn1c(=O)c2c(ncn2C)n(C)c1=O.C[N+](C)(C)CCO. The van der Waals surface area contributed by atoms with E-state index in [-0.39, 0.29) is 17.9 Å². The molecule has 2 aromatic heterocycles. The Morgan fingerprint density at radius 2 is 1.70 bits per heavy atom. The van der Waals surface area contributed by atoms with Gasteiger partial charge in [-0.25, -0.2) is 9.78 Å². The van der Waals surface area contributed by atoms with E-state index in [4.69, 9.17) is 5.11 Å². The van der Waals surface area contributed by atoms with Crippen LogP contribution < -0.4 is 11.2 Å². The molecule has 1 N–H and O–H groups in total. The summed E-state index contributed by atoms with van der Waals surface area (Å²) in [5.74, 6) is 0. The molecule has 0 saturated heterocycles. The summed E-state index contributed by atoms with van der Waals surface area (Å²) in [6, 6.07) is 0. The van der Waals surface area contributed by atoms with Gasteiger partial charge in [-0.05, 0) is 6.42 Å². The Bertz CT molecular complexity index is 827. The minimum absolute atomic E-state index is 0.237. The zero-order valence-corrected chi connectivity index (χ0v) is 17.7. The zero-order valence-electron chi connectivity index (χ0n) is 17.7. The van der Waals surface area contributed by atoms with Crippen LogP contribution in [0.5, 0.6) is 0 Å². The minimum Gasteiger partial charge on any atom is -0.391 e. The quantitative estimate of drug-likeness (QED) is 0.547. The highest BCUT2D eigenvalue weighted by Crippen LogP contribution is 2.05. The fourth-order valence-corrected chi connectivity index (χ4v) is 2.77. The van der Waals surface area contributed by atoms with Gasteiger partial charge >= 0.3 is 5.69 Å². The van der Waals surface area contributed by atoms with E-state index in [9.17, 15) is 9.59 Å². The smallest absolute Gasteiger partial charge is 0.332 e. The number of aryl methyl sites for hydroxylation is 2. The Morgan fingerprint density at radius 3 is 2.22 bits per heavy atom. The topological polar surface area (TPSA) is 82.0 Å². The number of unbranched alkanes of at least 4 members (excludes halogenated alkanes) is 4. The number of aliphatic hydroxyl groups excluding tert-OH is 1. The highest BCUT2D eigenvalue weighted by Gasteiger charge is 2.14. The molecule has 0 aliphatic heterocycles. The predicted octanol–water partition coefficient (Wildman–Crippen LogP) is 1.09. The van der Waals surface area contributed by atoms with Crippen LogP contribution >= 0.6 is 0 Å². The molecule has 0 aliphatic carbocycles. The maximum Gasteiger partial charge on any atom is 0.332 e. The monoisotopic (exact) mass is 382 g/mol. The summed E-state index contributed by atoms with van der Waals surface area (Å²) in [6.45, 7) is 3.76. The molecule has 0 spiro atoms. The van der Waals surface area contributed by atoms with Crippen LogP contribution in [0.15, 0.2) is 15.9 Å². The van der Waals surface area contributed by atoms with Gasteiger partial charge in [-0.3, -0.25) is 13.9 Å². The summed E-state index contributed by atoms with van der Waals surface area (Å²) in [5, 5.41) is 8.39. The van der Waals surface area contributed by atoms with Crippen molar-refractivity contribution in [2.24, 2.45) is 14.1 Å². The van der Waals surface area contributed by atoms with Crippen molar-refractivity contribution in [1.29, 1.82) is 0 Å². The van der Waals surface area contributed by atoms with Crippen molar-refractivity contribution in [1.82, 2.24) is 18.7 Å². The average molecular weight is 383 g/mol. The van der Waals surface area contributed by atoms with Gasteiger partial charge in [0.15, 0.2) is 11.2 Å². The summed E-state index contributed by atoms with van der Waals surface area (Å²) < 4.78 is 5.29. The van der Waals surface area contributed by atoms with Crippen molar-refractivity contribution >= 4 is 11.2 Å². The highest BCUT2D eigenvalue weighted by molar-refractivity contribution is 5.69. The lowest BCUT2D eigenvalue weighted by Crippen LogP contribution is -2.39. The Hall–Kier alpha value is -1.93. The van der Waals surface area contributed by atoms with E-state index in [2.05, 4.69) is 33.1 Å². The third kappa shape index (κ3) is 6.62. The van der Waals surface area contributed by atoms with Crippen LogP contribution in [-0.4, -0.2) is 62.6 Å². The molecule has 8 heteroatoms. The molecule has 2 rings (SSSR count). The molecule has 2 heterocycles. The molecule has 0 fully saturated rings. The van der Waals surface area contributed by atoms with Gasteiger partial charge in [-0.1, -0.05) is 32.6 Å². The second kappa shape index (κ2) is 10.4. The molecule has 0 atom stereocenters. The first kappa shape index (κ1) is 23.1. The van der Waals surface area contributed by atoms with E-state index in [1.54, 1.807) is 25.0 Å². The van der Waals surface area contributed by atoms with E-state index in [0.29, 0.717) is 17.7 Å². The molecule has 0 radical (unpaired) electrons. The number of fused-ring (bicyclic) bond motifs is 1. The fraction of sp³-hybridized carbons (Fsp3) is 0.737. The Morgan fingerprint density at radius 1 is 1.07 bits per heavy atom. The van der Waals surface area contributed by atoms with Gasteiger partial charge in [0.25, 0.3) is 5.56 Å². The summed E-state index contributed by atoms with van der Waals surface area (Å²) >= 11 is 0. The number of quaternary nitrogens is 1. The summed E-state index contributed by atoms with van der Waals surface area (Å²) in [6.07, 6.45) is 7.01. The number of hydrogen-bond donors (Lipinski definition) is 1. The van der Waals surface area contributed by atoms with E-state index in [1.165, 1.54) is 22.0 Å². The number of likely N-dealkylation sites (N-methyl/N-ethyl adjacent to an activating group) is 1. The normalized spacial score (nSPS) is 11.5. The van der Waals surface area contributed by atoms with Crippen LogP contribution in [-0.2, 0) is 20.6 Å². The Kier molecular flexibility index (Phi) is 8.92. The van der Waals surface area contributed by atoms with Crippen molar-refractivity contribution in [2.45, 2.75) is 45.6 Å². The summed E-state index contributed by atoms with van der Waals surface area (Å²) in [7, 11) is 9.58. The van der Waals surface area contributed by atoms with Crippen LogP contribution in [0.1, 0.15) is 39.0 Å². The number of nitrogens with zero attached hydrogens (tertiary/aromatic N) is 5.